The van der Waals surface area contributed by atoms with Gasteiger partial charge in [-0.15, -0.1) is 0 Å². The predicted molar refractivity (Wildman–Crippen MR) is 99.8 cm³/mol. The maximum Gasteiger partial charge on any atom is 0.257 e. The fraction of sp³-hybridized carbons (Fsp3) is 0.0500. The molecule has 0 bridgehead atoms. The SMILES string of the molecule is O=C(Nc1ccc2c(c1)OCO2)c1ccnc2nc(-c3ccc(F)cc3)[nH]c12. The molecule has 2 aromatic carbocycles. The number of hydrogen-bond acceptors (Lipinski definition) is 5. The number of aromatic nitrogens is 3. The van der Waals surface area contributed by atoms with Crippen LogP contribution in [0.25, 0.3) is 22.6 Å². The number of nitrogens with one attached hydrogen (secondary N) is 2. The Hall–Kier alpha value is -3.94. The summed E-state index contributed by atoms with van der Waals surface area (Å²) in [5.74, 6) is 1.08. The molecule has 0 radical (unpaired) electrons. The molecule has 2 N–H and O–H groups in total. The van der Waals surface area contributed by atoms with Crippen molar-refractivity contribution < 1.29 is 18.7 Å². The van der Waals surface area contributed by atoms with Crippen molar-refractivity contribution in [2.24, 2.45) is 0 Å². The number of carbonyl (C=O) groups excluding carboxylic acids is 1. The summed E-state index contributed by atoms with van der Waals surface area (Å²) in [5, 5.41) is 2.84. The van der Waals surface area contributed by atoms with Crippen LogP contribution in [0.4, 0.5) is 10.1 Å². The Balaban J connectivity index is 1.48. The van der Waals surface area contributed by atoms with Crippen LogP contribution in [0.2, 0.25) is 0 Å². The van der Waals surface area contributed by atoms with Crippen molar-refractivity contribution in [3.63, 3.8) is 0 Å². The molecule has 0 saturated carbocycles. The number of aromatic amines is 1. The quantitative estimate of drug-likeness (QED) is 0.569. The predicted octanol–water partition coefficient (Wildman–Crippen LogP) is 3.75. The molecule has 0 saturated heterocycles. The van der Waals surface area contributed by atoms with Gasteiger partial charge < -0.3 is 19.8 Å². The summed E-state index contributed by atoms with van der Waals surface area (Å²) in [7, 11) is 0. The van der Waals surface area contributed by atoms with Crippen LogP contribution in [0, 0.1) is 5.82 Å². The van der Waals surface area contributed by atoms with Gasteiger partial charge in [-0.05, 0) is 42.5 Å². The first-order valence-electron chi connectivity index (χ1n) is 8.49. The second kappa shape index (κ2) is 6.34. The molecule has 0 aliphatic carbocycles. The number of halogens is 1. The summed E-state index contributed by atoms with van der Waals surface area (Å²) in [6.07, 6.45) is 1.52. The van der Waals surface area contributed by atoms with Crippen LogP contribution in [0.5, 0.6) is 11.5 Å². The van der Waals surface area contributed by atoms with Crippen molar-refractivity contribution in [2.45, 2.75) is 0 Å². The smallest absolute Gasteiger partial charge is 0.257 e. The minimum Gasteiger partial charge on any atom is -0.454 e. The number of benzene rings is 2. The van der Waals surface area contributed by atoms with Crippen molar-refractivity contribution in [3.05, 3.63) is 66.1 Å². The maximum atomic E-state index is 13.2. The number of amides is 1. The number of imidazole rings is 1. The van der Waals surface area contributed by atoms with Crippen LogP contribution < -0.4 is 14.8 Å². The van der Waals surface area contributed by atoms with Crippen LogP contribution >= 0.6 is 0 Å². The average Bonchev–Trinajstić information content (AvgIpc) is 3.34. The first-order valence-corrected chi connectivity index (χ1v) is 8.49. The van der Waals surface area contributed by atoms with Crippen molar-refractivity contribution >= 4 is 22.8 Å². The summed E-state index contributed by atoms with van der Waals surface area (Å²) >= 11 is 0. The van der Waals surface area contributed by atoms with E-state index in [2.05, 4.69) is 20.3 Å². The molecular weight excluding hydrogens is 363 g/mol. The highest BCUT2D eigenvalue weighted by atomic mass is 19.1. The zero-order valence-electron chi connectivity index (χ0n) is 14.4. The first-order chi connectivity index (χ1) is 13.7. The van der Waals surface area contributed by atoms with Gasteiger partial charge in [0, 0.05) is 23.5 Å². The van der Waals surface area contributed by atoms with Gasteiger partial charge in [-0.3, -0.25) is 4.79 Å². The molecule has 0 spiro atoms. The number of rotatable bonds is 3. The lowest BCUT2D eigenvalue weighted by Gasteiger charge is -2.06. The van der Waals surface area contributed by atoms with Gasteiger partial charge in [-0.1, -0.05) is 0 Å². The number of ether oxygens (including phenoxy) is 2. The van der Waals surface area contributed by atoms with E-state index in [0.29, 0.717) is 45.3 Å². The topological polar surface area (TPSA) is 89.1 Å². The molecule has 3 heterocycles. The number of pyridine rings is 1. The summed E-state index contributed by atoms with van der Waals surface area (Å²) in [4.78, 5) is 24.5. The van der Waals surface area contributed by atoms with E-state index in [-0.39, 0.29) is 18.5 Å². The number of carbonyl (C=O) groups is 1. The van der Waals surface area contributed by atoms with Gasteiger partial charge in [0.2, 0.25) is 6.79 Å². The van der Waals surface area contributed by atoms with Crippen molar-refractivity contribution in [3.8, 4) is 22.9 Å². The Bertz CT molecular complexity index is 1200. The number of H-pyrrole nitrogens is 1. The van der Waals surface area contributed by atoms with Gasteiger partial charge >= 0.3 is 0 Å². The van der Waals surface area contributed by atoms with Gasteiger partial charge in [-0.2, -0.15) is 0 Å². The Morgan fingerprint density at radius 3 is 2.75 bits per heavy atom. The molecule has 1 aliphatic rings. The lowest BCUT2D eigenvalue weighted by Crippen LogP contribution is -2.12. The zero-order chi connectivity index (χ0) is 19.1. The Morgan fingerprint density at radius 1 is 1.07 bits per heavy atom. The molecule has 8 heteroatoms. The van der Waals surface area contributed by atoms with Gasteiger partial charge in [0.15, 0.2) is 17.1 Å². The van der Waals surface area contributed by atoms with E-state index in [0.717, 1.165) is 0 Å². The minimum atomic E-state index is -0.332. The highest BCUT2D eigenvalue weighted by Crippen LogP contribution is 2.34. The normalized spacial score (nSPS) is 12.3. The maximum absolute atomic E-state index is 13.2. The molecule has 5 rings (SSSR count). The third-order valence-corrected chi connectivity index (χ3v) is 4.38. The Labute approximate surface area is 158 Å². The third-order valence-electron chi connectivity index (χ3n) is 4.38. The van der Waals surface area contributed by atoms with Crippen LogP contribution in [-0.4, -0.2) is 27.7 Å². The highest BCUT2D eigenvalue weighted by Gasteiger charge is 2.18. The van der Waals surface area contributed by atoms with E-state index in [1.165, 1.54) is 18.3 Å². The van der Waals surface area contributed by atoms with E-state index in [4.69, 9.17) is 9.47 Å². The number of nitrogens with zero attached hydrogens (tertiary/aromatic N) is 2. The Kier molecular flexibility index (Phi) is 3.68. The molecule has 0 unspecified atom stereocenters. The summed E-state index contributed by atoms with van der Waals surface area (Å²) in [5.41, 5.74) is 2.57. The van der Waals surface area contributed by atoms with E-state index >= 15 is 0 Å². The lowest BCUT2D eigenvalue weighted by molar-refractivity contribution is 0.102. The molecule has 28 heavy (non-hydrogen) atoms. The largest absolute Gasteiger partial charge is 0.454 e. The minimum absolute atomic E-state index is 0.165. The third kappa shape index (κ3) is 2.81. The average molecular weight is 376 g/mol. The molecule has 0 fully saturated rings. The second-order valence-corrected chi connectivity index (χ2v) is 6.17. The zero-order valence-corrected chi connectivity index (χ0v) is 14.4. The van der Waals surface area contributed by atoms with Crippen LogP contribution in [-0.2, 0) is 0 Å². The standard InChI is InChI=1S/C20H13FN4O3/c21-12-3-1-11(2-4-12)18-24-17-14(7-8-22-19(17)25-18)20(26)23-13-5-6-15-16(9-13)28-10-27-15/h1-9H,10H2,(H,23,26)(H,22,24,25). The molecule has 138 valence electrons. The van der Waals surface area contributed by atoms with Gasteiger partial charge in [0.05, 0.1) is 11.1 Å². The van der Waals surface area contributed by atoms with Crippen LogP contribution in [0.15, 0.2) is 54.7 Å². The molecule has 1 aliphatic heterocycles. The monoisotopic (exact) mass is 376 g/mol. The fourth-order valence-electron chi connectivity index (χ4n) is 3.02. The van der Waals surface area contributed by atoms with Crippen LogP contribution in [0.1, 0.15) is 10.4 Å². The number of hydrogen-bond donors (Lipinski definition) is 2. The molecule has 7 nitrogen and oxygen atoms in total. The van der Waals surface area contributed by atoms with Crippen molar-refractivity contribution in [2.75, 3.05) is 12.1 Å². The van der Waals surface area contributed by atoms with E-state index in [9.17, 15) is 9.18 Å². The molecule has 0 atom stereocenters. The summed E-state index contributed by atoms with van der Waals surface area (Å²) < 4.78 is 23.8. The fourth-order valence-corrected chi connectivity index (χ4v) is 3.02. The second-order valence-electron chi connectivity index (χ2n) is 6.17. The molecule has 4 aromatic rings. The van der Waals surface area contributed by atoms with E-state index in [1.807, 2.05) is 0 Å². The molecule has 2 aromatic heterocycles. The summed E-state index contributed by atoms with van der Waals surface area (Å²) in [6, 6.07) is 12.7. The highest BCUT2D eigenvalue weighted by molar-refractivity contribution is 6.11. The number of fused-ring (bicyclic) bond motifs is 2. The summed E-state index contributed by atoms with van der Waals surface area (Å²) in [6.45, 7) is 0.165. The van der Waals surface area contributed by atoms with Gasteiger partial charge in [0.1, 0.15) is 11.6 Å². The first kappa shape index (κ1) is 16.2. The van der Waals surface area contributed by atoms with Crippen molar-refractivity contribution in [1.29, 1.82) is 0 Å². The van der Waals surface area contributed by atoms with Gasteiger partial charge in [-0.25, -0.2) is 14.4 Å². The van der Waals surface area contributed by atoms with E-state index in [1.54, 1.807) is 36.4 Å². The van der Waals surface area contributed by atoms with Crippen molar-refractivity contribution in [1.82, 2.24) is 15.0 Å². The van der Waals surface area contributed by atoms with Gasteiger partial charge in [0.25, 0.3) is 5.91 Å². The van der Waals surface area contributed by atoms with E-state index < -0.39 is 0 Å². The lowest BCUT2D eigenvalue weighted by atomic mass is 10.2. The number of anilines is 1. The molecule has 1 amide bonds. The van der Waals surface area contributed by atoms with Crippen LogP contribution in [0.3, 0.4) is 0 Å². The molecular formula is C20H13FN4O3. The Morgan fingerprint density at radius 2 is 1.89 bits per heavy atom.